The molecule has 0 saturated carbocycles. The Balaban J connectivity index is 2.47. The molecule has 49 heavy (non-hydrogen) atoms. The van der Waals surface area contributed by atoms with E-state index in [-0.39, 0.29) is 36.2 Å². The van der Waals surface area contributed by atoms with Gasteiger partial charge in [0.1, 0.15) is 11.3 Å². The molecule has 4 atom stereocenters. The first-order valence-corrected chi connectivity index (χ1v) is 17.7. The summed E-state index contributed by atoms with van der Waals surface area (Å²) in [5.74, 6) is 0.653. The Morgan fingerprint density at radius 1 is 0.980 bits per heavy atom. The molecule has 280 valence electrons. The smallest absolute Gasteiger partial charge is 0.412 e. The number of methoxy groups -OCH3 is 2. The van der Waals surface area contributed by atoms with E-state index in [4.69, 9.17) is 29.4 Å². The lowest BCUT2D eigenvalue weighted by Crippen LogP contribution is -2.51. The molecule has 1 fully saturated rings. The van der Waals surface area contributed by atoms with Crippen molar-refractivity contribution in [2.45, 2.75) is 125 Å². The number of benzene rings is 1. The SMILES string of the molecule is COCCCOc1cc(C[C@@H](C[C@H]2[C@H](C[C@H](C(=O)NCC(C)(C)C(N)=O)C(C)C)OC(C)(C)N2C(=O)OC(C)(C)C)C(C)C)ccc1OC. The van der Waals surface area contributed by atoms with Gasteiger partial charge < -0.3 is 34.7 Å². The highest BCUT2D eigenvalue weighted by Crippen LogP contribution is 2.42. The Labute approximate surface area is 295 Å². The fourth-order valence-corrected chi connectivity index (χ4v) is 6.21. The zero-order valence-corrected chi connectivity index (χ0v) is 32.4. The van der Waals surface area contributed by atoms with Gasteiger partial charge in [-0.15, -0.1) is 0 Å². The van der Waals surface area contributed by atoms with E-state index in [9.17, 15) is 14.4 Å². The summed E-state index contributed by atoms with van der Waals surface area (Å²) in [6.45, 7) is 22.4. The van der Waals surface area contributed by atoms with Gasteiger partial charge in [-0.1, -0.05) is 33.8 Å². The maximum absolute atomic E-state index is 13.9. The van der Waals surface area contributed by atoms with E-state index >= 15 is 0 Å². The first-order valence-electron chi connectivity index (χ1n) is 17.7. The second-order valence-corrected chi connectivity index (χ2v) is 16.2. The number of nitrogens with two attached hydrogens (primary N) is 1. The van der Waals surface area contributed by atoms with Gasteiger partial charge >= 0.3 is 6.09 Å². The van der Waals surface area contributed by atoms with Crippen LogP contribution in [0.2, 0.25) is 0 Å². The van der Waals surface area contributed by atoms with Crippen molar-refractivity contribution in [1.29, 1.82) is 0 Å². The number of carbonyl (C=O) groups excluding carboxylic acids is 3. The van der Waals surface area contributed by atoms with Crippen LogP contribution in [-0.2, 0) is 30.2 Å². The van der Waals surface area contributed by atoms with Crippen LogP contribution in [0.4, 0.5) is 4.79 Å². The molecule has 11 nitrogen and oxygen atoms in total. The van der Waals surface area contributed by atoms with Crippen molar-refractivity contribution in [2.75, 3.05) is 34.0 Å². The Kier molecular flexibility index (Phi) is 15.3. The van der Waals surface area contributed by atoms with Gasteiger partial charge in [0.05, 0.1) is 31.3 Å². The van der Waals surface area contributed by atoms with Crippen LogP contribution in [0.15, 0.2) is 18.2 Å². The third-order valence-corrected chi connectivity index (χ3v) is 9.33. The van der Waals surface area contributed by atoms with Crippen molar-refractivity contribution in [1.82, 2.24) is 10.2 Å². The average molecular weight is 692 g/mol. The number of amides is 3. The van der Waals surface area contributed by atoms with Crippen molar-refractivity contribution < 1.29 is 38.1 Å². The predicted molar refractivity (Wildman–Crippen MR) is 191 cm³/mol. The standard InChI is InChI=1S/C38H65N3O8/c1-24(2)27(19-26-15-16-30(46-13)32(20-26)47-18-14-17-45-12)21-29-31(48-38(10,11)41(29)35(44)49-36(5,6)7)22-28(25(3)4)33(42)40-23-37(8,9)34(39)43/h15-16,20,24-25,27-29,31H,14,17-19,21-23H2,1-13H3,(H2,39,43)(H,40,42)/t27-,28-,29-,31-/m0/s1. The van der Waals surface area contributed by atoms with Crippen LogP contribution in [0.25, 0.3) is 0 Å². The summed E-state index contributed by atoms with van der Waals surface area (Å²) < 4.78 is 29.4. The topological polar surface area (TPSA) is 139 Å². The summed E-state index contributed by atoms with van der Waals surface area (Å²) in [4.78, 5) is 41.2. The Hall–Kier alpha value is -3.05. The fourth-order valence-electron chi connectivity index (χ4n) is 6.21. The maximum Gasteiger partial charge on any atom is 0.412 e. The molecule has 0 aromatic heterocycles. The van der Waals surface area contributed by atoms with Gasteiger partial charge in [0.2, 0.25) is 11.8 Å². The van der Waals surface area contributed by atoms with Crippen molar-refractivity contribution in [3.05, 3.63) is 23.8 Å². The minimum absolute atomic E-state index is 0.0258. The molecule has 0 aliphatic carbocycles. The molecule has 1 aromatic carbocycles. The normalized spacial score (nSPS) is 19.1. The van der Waals surface area contributed by atoms with Gasteiger partial charge in [-0.2, -0.15) is 0 Å². The van der Waals surface area contributed by atoms with E-state index in [2.05, 4.69) is 25.2 Å². The number of nitrogens with zero attached hydrogens (tertiary/aromatic N) is 1. The summed E-state index contributed by atoms with van der Waals surface area (Å²) in [5, 5.41) is 2.96. The van der Waals surface area contributed by atoms with Crippen molar-refractivity contribution in [3.8, 4) is 11.5 Å². The number of nitrogens with one attached hydrogen (secondary N) is 1. The summed E-state index contributed by atoms with van der Waals surface area (Å²) in [5.41, 5.74) is 4.09. The zero-order valence-electron chi connectivity index (χ0n) is 32.4. The number of ether oxygens (including phenoxy) is 5. The number of hydrogen-bond acceptors (Lipinski definition) is 8. The average Bonchev–Trinajstić information content (AvgIpc) is 3.24. The van der Waals surface area contributed by atoms with Crippen LogP contribution < -0.4 is 20.5 Å². The van der Waals surface area contributed by atoms with Gasteiger partial charge in [-0.3, -0.25) is 14.5 Å². The molecule has 0 radical (unpaired) electrons. The predicted octanol–water partition coefficient (Wildman–Crippen LogP) is 6.35. The highest BCUT2D eigenvalue weighted by Gasteiger charge is 2.52. The molecular formula is C38H65N3O8. The second-order valence-electron chi connectivity index (χ2n) is 16.2. The molecule has 0 bridgehead atoms. The van der Waals surface area contributed by atoms with E-state index < -0.39 is 40.8 Å². The highest BCUT2D eigenvalue weighted by molar-refractivity contribution is 5.83. The lowest BCUT2D eigenvalue weighted by molar-refractivity contribution is -0.131. The number of carbonyl (C=O) groups is 3. The van der Waals surface area contributed by atoms with Crippen LogP contribution in [0.5, 0.6) is 11.5 Å². The lowest BCUT2D eigenvalue weighted by Gasteiger charge is -2.37. The van der Waals surface area contributed by atoms with E-state index in [1.165, 1.54) is 0 Å². The van der Waals surface area contributed by atoms with Crippen LogP contribution in [-0.4, -0.2) is 80.3 Å². The van der Waals surface area contributed by atoms with Crippen molar-refractivity contribution >= 4 is 17.9 Å². The van der Waals surface area contributed by atoms with Gasteiger partial charge in [-0.25, -0.2) is 4.79 Å². The van der Waals surface area contributed by atoms with Gasteiger partial charge in [0, 0.05) is 32.6 Å². The van der Waals surface area contributed by atoms with Crippen molar-refractivity contribution in [3.63, 3.8) is 0 Å². The molecule has 0 unspecified atom stereocenters. The molecular weight excluding hydrogens is 626 g/mol. The quantitative estimate of drug-likeness (QED) is 0.170. The minimum Gasteiger partial charge on any atom is -0.493 e. The first kappa shape index (κ1) is 42.1. The molecule has 1 aromatic rings. The minimum atomic E-state index is -0.978. The Morgan fingerprint density at radius 2 is 1.63 bits per heavy atom. The van der Waals surface area contributed by atoms with Crippen molar-refractivity contribution in [2.24, 2.45) is 34.8 Å². The Morgan fingerprint density at radius 3 is 2.16 bits per heavy atom. The monoisotopic (exact) mass is 691 g/mol. The third-order valence-electron chi connectivity index (χ3n) is 9.33. The number of rotatable bonds is 18. The molecule has 1 heterocycles. The molecule has 0 spiro atoms. The summed E-state index contributed by atoms with van der Waals surface area (Å²) in [7, 11) is 3.30. The molecule has 2 rings (SSSR count). The fraction of sp³-hybridized carbons (Fsp3) is 0.763. The number of primary amides is 1. The van der Waals surface area contributed by atoms with E-state index in [0.29, 0.717) is 37.6 Å². The van der Waals surface area contributed by atoms with E-state index in [1.54, 1.807) is 33.0 Å². The molecule has 1 aliphatic heterocycles. The highest BCUT2D eigenvalue weighted by atomic mass is 16.6. The third kappa shape index (κ3) is 12.3. The van der Waals surface area contributed by atoms with Crippen LogP contribution in [0.1, 0.15) is 101 Å². The summed E-state index contributed by atoms with van der Waals surface area (Å²) >= 11 is 0. The molecule has 3 amide bonds. The second kappa shape index (κ2) is 17.7. The summed E-state index contributed by atoms with van der Waals surface area (Å²) in [6, 6.07) is 5.66. The van der Waals surface area contributed by atoms with Gasteiger partial charge in [0.25, 0.3) is 0 Å². The molecule has 3 N–H and O–H groups in total. The van der Waals surface area contributed by atoms with Crippen LogP contribution in [0.3, 0.4) is 0 Å². The Bertz CT molecular complexity index is 1240. The first-order chi connectivity index (χ1) is 22.6. The molecule has 11 heteroatoms. The maximum atomic E-state index is 13.9. The van der Waals surface area contributed by atoms with Gasteiger partial charge in [-0.05, 0) is 103 Å². The zero-order chi connectivity index (χ0) is 37.3. The molecule has 1 aliphatic rings. The number of hydrogen-bond donors (Lipinski definition) is 2. The van der Waals surface area contributed by atoms with Crippen LogP contribution in [0, 0.1) is 29.1 Å². The summed E-state index contributed by atoms with van der Waals surface area (Å²) in [6.07, 6.45) is 1.62. The van der Waals surface area contributed by atoms with Gasteiger partial charge in [0.15, 0.2) is 11.5 Å². The lowest BCUT2D eigenvalue weighted by atomic mass is 9.80. The largest absolute Gasteiger partial charge is 0.493 e. The molecule has 1 saturated heterocycles. The van der Waals surface area contributed by atoms with Crippen LogP contribution >= 0.6 is 0 Å². The van der Waals surface area contributed by atoms with E-state index in [1.807, 2.05) is 60.6 Å². The van der Waals surface area contributed by atoms with E-state index in [0.717, 1.165) is 18.4 Å².